The van der Waals surface area contributed by atoms with Gasteiger partial charge < -0.3 is 20.9 Å². The lowest BCUT2D eigenvalue weighted by molar-refractivity contribution is -0.211. The van der Waals surface area contributed by atoms with Crippen molar-refractivity contribution in [3.05, 3.63) is 0 Å². The monoisotopic (exact) mass is 314 g/mol. The third-order valence-corrected chi connectivity index (χ3v) is 4.53. The first-order chi connectivity index (χ1) is 10.3. The van der Waals surface area contributed by atoms with Gasteiger partial charge in [-0.05, 0) is 33.6 Å². The molecule has 2 fully saturated rings. The van der Waals surface area contributed by atoms with Crippen LogP contribution in [0.25, 0.3) is 0 Å². The fraction of sp³-hybridized carbons (Fsp3) is 0.857. The zero-order valence-corrected chi connectivity index (χ0v) is 13.4. The van der Waals surface area contributed by atoms with Crippen LogP contribution in [0.1, 0.15) is 33.6 Å². The minimum Gasteiger partial charge on any atom is -0.366 e. The maximum Gasteiger partial charge on any atom is 0.261 e. The highest BCUT2D eigenvalue weighted by atomic mass is 16.5. The van der Waals surface area contributed by atoms with Gasteiger partial charge in [0.05, 0.1) is 19.4 Å². The zero-order valence-electron chi connectivity index (χ0n) is 13.4. The van der Waals surface area contributed by atoms with Crippen molar-refractivity contribution in [1.29, 1.82) is 0 Å². The Hall–Kier alpha value is -1.22. The molecule has 0 radical (unpaired) electrons. The third-order valence-electron chi connectivity index (χ3n) is 4.53. The van der Waals surface area contributed by atoms with Gasteiger partial charge in [-0.2, -0.15) is 0 Å². The molecule has 2 saturated heterocycles. The van der Waals surface area contributed by atoms with E-state index in [4.69, 9.17) is 20.9 Å². The molecule has 2 rings (SSSR count). The summed E-state index contributed by atoms with van der Waals surface area (Å²) in [6, 6.07) is 0.202. The third kappa shape index (κ3) is 3.24. The van der Waals surface area contributed by atoms with Crippen LogP contribution in [0, 0.1) is 0 Å². The topological polar surface area (TPSA) is 111 Å². The molecule has 22 heavy (non-hydrogen) atoms. The summed E-state index contributed by atoms with van der Waals surface area (Å²) in [5.41, 5.74) is 10.9. The van der Waals surface area contributed by atoms with Crippen LogP contribution in [0.4, 0.5) is 0 Å². The molecule has 0 bridgehead atoms. The van der Waals surface area contributed by atoms with E-state index in [0.717, 1.165) is 12.8 Å². The van der Waals surface area contributed by atoms with Gasteiger partial charge in [0.2, 0.25) is 0 Å². The molecular weight excluding hydrogens is 288 g/mol. The minimum atomic E-state index is -0.804. The lowest BCUT2D eigenvalue weighted by atomic mass is 10.1. The largest absolute Gasteiger partial charge is 0.366 e. The number of primary amides is 2. The van der Waals surface area contributed by atoms with Gasteiger partial charge in [-0.1, -0.05) is 0 Å². The van der Waals surface area contributed by atoms with E-state index in [1.807, 2.05) is 30.6 Å². The molecular formula is C14H26N4O4. The highest BCUT2D eigenvalue weighted by molar-refractivity contribution is 5.79. The number of amides is 2. The van der Waals surface area contributed by atoms with Crippen molar-refractivity contribution in [3.8, 4) is 0 Å². The first-order valence-corrected chi connectivity index (χ1v) is 7.71. The van der Waals surface area contributed by atoms with Gasteiger partial charge >= 0.3 is 0 Å². The van der Waals surface area contributed by atoms with Crippen molar-refractivity contribution >= 4 is 11.8 Å². The Morgan fingerprint density at radius 2 is 1.32 bits per heavy atom. The van der Waals surface area contributed by atoms with Gasteiger partial charge in [0.25, 0.3) is 11.8 Å². The second kappa shape index (κ2) is 6.91. The predicted molar refractivity (Wildman–Crippen MR) is 79.2 cm³/mol. The lowest BCUT2D eigenvalue weighted by Crippen LogP contribution is -2.67. The highest BCUT2D eigenvalue weighted by Gasteiger charge is 2.43. The second-order valence-corrected chi connectivity index (χ2v) is 6.05. The Balaban J connectivity index is 2.26. The number of carbonyl (C=O) groups is 2. The molecule has 8 heteroatoms. The lowest BCUT2D eigenvalue weighted by Gasteiger charge is -2.50. The summed E-state index contributed by atoms with van der Waals surface area (Å²) in [5.74, 6) is -1.06. The number of carbonyl (C=O) groups excluding carboxylic acids is 2. The maximum absolute atomic E-state index is 11.7. The van der Waals surface area contributed by atoms with E-state index in [2.05, 4.69) is 0 Å². The summed E-state index contributed by atoms with van der Waals surface area (Å²) in [7, 11) is 0. The van der Waals surface area contributed by atoms with Crippen LogP contribution in [0.15, 0.2) is 0 Å². The zero-order chi connectivity index (χ0) is 16.4. The summed E-state index contributed by atoms with van der Waals surface area (Å²) in [4.78, 5) is 27.2. The second-order valence-electron chi connectivity index (χ2n) is 6.05. The van der Waals surface area contributed by atoms with Gasteiger partial charge in [-0.25, -0.2) is 0 Å². The summed E-state index contributed by atoms with van der Waals surface area (Å²) in [6.07, 6.45) is -0.292. The first-order valence-electron chi connectivity index (χ1n) is 7.71. The summed E-state index contributed by atoms with van der Waals surface area (Å²) in [6.45, 7) is 6.93. The van der Waals surface area contributed by atoms with Gasteiger partial charge in [0.15, 0.2) is 12.5 Å². The molecule has 4 atom stereocenters. The smallest absolute Gasteiger partial charge is 0.261 e. The van der Waals surface area contributed by atoms with Crippen LogP contribution >= 0.6 is 0 Å². The molecule has 2 aliphatic rings. The average molecular weight is 314 g/mol. The van der Waals surface area contributed by atoms with Gasteiger partial charge in [-0.15, -0.1) is 0 Å². The molecule has 126 valence electrons. The SMILES string of the molecule is CC1CCOC(C(N)=O)N1C(C)N1C(C)CCOC1C(N)=O. The van der Waals surface area contributed by atoms with Crippen LogP contribution < -0.4 is 11.5 Å². The van der Waals surface area contributed by atoms with Crippen LogP contribution in [0.2, 0.25) is 0 Å². The number of ether oxygens (including phenoxy) is 2. The van der Waals surface area contributed by atoms with Crippen molar-refractivity contribution in [2.75, 3.05) is 13.2 Å². The van der Waals surface area contributed by atoms with Gasteiger partial charge in [-0.3, -0.25) is 19.4 Å². The van der Waals surface area contributed by atoms with Crippen LogP contribution in [-0.2, 0) is 19.1 Å². The van der Waals surface area contributed by atoms with Gasteiger partial charge in [0, 0.05) is 12.1 Å². The molecule has 0 aliphatic carbocycles. The maximum atomic E-state index is 11.7. The fourth-order valence-corrected chi connectivity index (χ4v) is 3.37. The van der Waals surface area contributed by atoms with E-state index in [9.17, 15) is 9.59 Å². The molecule has 2 heterocycles. The Morgan fingerprint density at radius 1 is 0.955 bits per heavy atom. The quantitative estimate of drug-likeness (QED) is 0.701. The van der Waals surface area contributed by atoms with E-state index in [1.54, 1.807) is 0 Å². The van der Waals surface area contributed by atoms with Gasteiger partial charge in [0.1, 0.15) is 0 Å². The Morgan fingerprint density at radius 3 is 1.64 bits per heavy atom. The average Bonchev–Trinajstić information content (AvgIpc) is 2.45. The molecule has 4 N–H and O–H groups in total. The molecule has 4 unspecified atom stereocenters. The molecule has 0 aromatic carbocycles. The van der Waals surface area contributed by atoms with Crippen molar-refractivity contribution < 1.29 is 19.1 Å². The predicted octanol–water partition coefficient (Wildman–Crippen LogP) is -0.823. The standard InChI is InChI=1S/C14H26N4O4/c1-8-4-6-21-13(11(15)19)17(8)10(3)18-9(2)5-7-22-14(18)12(16)20/h8-10,13-14H,4-7H2,1-3H3,(H2,15,19)(H2,16,20). The number of hydrogen-bond acceptors (Lipinski definition) is 6. The number of nitrogens with two attached hydrogens (primary N) is 2. The summed E-state index contributed by atoms with van der Waals surface area (Å²) < 4.78 is 11.1. The molecule has 0 spiro atoms. The molecule has 2 aliphatic heterocycles. The van der Waals surface area contributed by atoms with E-state index in [0.29, 0.717) is 13.2 Å². The van der Waals surface area contributed by atoms with Crippen LogP contribution in [0.5, 0.6) is 0 Å². The highest BCUT2D eigenvalue weighted by Crippen LogP contribution is 2.27. The minimum absolute atomic E-state index is 0.101. The molecule has 2 amide bonds. The van der Waals surface area contributed by atoms with E-state index < -0.39 is 24.3 Å². The Labute approximate surface area is 130 Å². The van der Waals surface area contributed by atoms with E-state index >= 15 is 0 Å². The molecule has 0 aromatic heterocycles. The van der Waals surface area contributed by atoms with Crippen molar-refractivity contribution in [2.45, 2.75) is 64.3 Å². The molecule has 8 nitrogen and oxygen atoms in total. The first kappa shape index (κ1) is 17.1. The number of hydrogen-bond donors (Lipinski definition) is 2. The van der Waals surface area contributed by atoms with Crippen molar-refractivity contribution in [1.82, 2.24) is 9.80 Å². The normalized spacial score (nSPS) is 36.0. The molecule has 0 aromatic rings. The summed E-state index contributed by atoms with van der Waals surface area (Å²) in [5, 5.41) is 0. The number of rotatable bonds is 4. The van der Waals surface area contributed by atoms with Crippen LogP contribution in [-0.4, -0.2) is 65.5 Å². The summed E-state index contributed by atoms with van der Waals surface area (Å²) >= 11 is 0. The van der Waals surface area contributed by atoms with Crippen molar-refractivity contribution in [2.24, 2.45) is 11.5 Å². The number of nitrogens with zero attached hydrogens (tertiary/aromatic N) is 2. The Bertz CT molecular complexity index is 395. The Kier molecular flexibility index (Phi) is 5.38. The van der Waals surface area contributed by atoms with Crippen LogP contribution in [0.3, 0.4) is 0 Å². The van der Waals surface area contributed by atoms with Crippen molar-refractivity contribution in [3.63, 3.8) is 0 Å². The van der Waals surface area contributed by atoms with E-state index in [1.165, 1.54) is 0 Å². The fourth-order valence-electron chi connectivity index (χ4n) is 3.37. The van der Waals surface area contributed by atoms with E-state index in [-0.39, 0.29) is 18.2 Å². The molecule has 0 saturated carbocycles.